The Morgan fingerprint density at radius 1 is 1.40 bits per heavy atom. The Balaban J connectivity index is 2.22. The summed E-state index contributed by atoms with van der Waals surface area (Å²) in [5.74, 6) is 0. The van der Waals surface area contributed by atoms with E-state index in [0.29, 0.717) is 19.1 Å². The summed E-state index contributed by atoms with van der Waals surface area (Å²) in [6.07, 6.45) is 3.19. The van der Waals surface area contributed by atoms with Crippen LogP contribution in [0.3, 0.4) is 0 Å². The fraction of sp³-hybridized carbons (Fsp3) is 0.571. The largest absolute Gasteiger partial charge is 0.310 e. The first-order valence-corrected chi connectivity index (χ1v) is 8.75. The molecular formula is C14H21ClN2O2S. The molecule has 112 valence electrons. The van der Waals surface area contributed by atoms with Gasteiger partial charge in [0.1, 0.15) is 4.90 Å². The Morgan fingerprint density at radius 2 is 2.10 bits per heavy atom. The van der Waals surface area contributed by atoms with Crippen molar-refractivity contribution in [1.82, 2.24) is 9.62 Å². The number of hydrogen-bond donors (Lipinski definition) is 1. The Labute approximate surface area is 126 Å². The molecule has 0 bridgehead atoms. The van der Waals surface area contributed by atoms with Gasteiger partial charge in [-0.1, -0.05) is 24.6 Å². The average Bonchev–Trinajstić information content (AvgIpc) is 3.22. The van der Waals surface area contributed by atoms with Crippen LogP contribution < -0.4 is 5.32 Å². The monoisotopic (exact) mass is 316 g/mol. The van der Waals surface area contributed by atoms with Gasteiger partial charge in [-0.15, -0.1) is 0 Å². The molecule has 0 radical (unpaired) electrons. The van der Waals surface area contributed by atoms with Gasteiger partial charge in [-0.05, 0) is 37.0 Å². The molecule has 0 aliphatic heterocycles. The van der Waals surface area contributed by atoms with Crippen LogP contribution in [0.5, 0.6) is 0 Å². The third-order valence-electron chi connectivity index (χ3n) is 3.39. The molecule has 0 saturated heterocycles. The molecule has 2 rings (SSSR count). The predicted molar refractivity (Wildman–Crippen MR) is 81.4 cm³/mol. The lowest BCUT2D eigenvalue weighted by molar-refractivity contribution is 0.468. The highest BCUT2D eigenvalue weighted by atomic mass is 35.5. The standard InChI is InChI=1S/C14H21ClN2O2S/c1-3-8-17(2)20(18,19)14-9-11(4-7-13(14)15)10-16-12-5-6-12/h4,7,9,12,16H,3,5-6,8,10H2,1-2H3. The Kier molecular flexibility index (Phi) is 5.07. The molecule has 1 N–H and O–H groups in total. The van der Waals surface area contributed by atoms with Crippen LogP contribution in [0.25, 0.3) is 0 Å². The minimum absolute atomic E-state index is 0.199. The van der Waals surface area contributed by atoms with E-state index < -0.39 is 10.0 Å². The smallest absolute Gasteiger partial charge is 0.244 e. The Hall–Kier alpha value is -0.620. The van der Waals surface area contributed by atoms with Crippen LogP contribution in [0, 0.1) is 0 Å². The van der Waals surface area contributed by atoms with E-state index in [0.717, 1.165) is 12.0 Å². The lowest BCUT2D eigenvalue weighted by Gasteiger charge is -2.18. The minimum Gasteiger partial charge on any atom is -0.310 e. The maximum atomic E-state index is 12.5. The van der Waals surface area contributed by atoms with Crippen molar-refractivity contribution in [3.05, 3.63) is 28.8 Å². The molecule has 0 atom stereocenters. The normalized spacial score (nSPS) is 15.8. The van der Waals surface area contributed by atoms with Gasteiger partial charge in [0.05, 0.1) is 5.02 Å². The molecule has 0 heterocycles. The van der Waals surface area contributed by atoms with Crippen LogP contribution in [0.1, 0.15) is 31.7 Å². The summed E-state index contributed by atoms with van der Waals surface area (Å²) in [7, 11) is -1.92. The molecule has 0 amide bonds. The second-order valence-corrected chi connectivity index (χ2v) is 7.67. The number of benzene rings is 1. The molecule has 4 nitrogen and oxygen atoms in total. The molecule has 0 unspecified atom stereocenters. The number of hydrogen-bond acceptors (Lipinski definition) is 3. The van der Waals surface area contributed by atoms with Crippen molar-refractivity contribution in [3.8, 4) is 0 Å². The van der Waals surface area contributed by atoms with Crippen molar-refractivity contribution < 1.29 is 8.42 Å². The zero-order valence-corrected chi connectivity index (χ0v) is 13.5. The van der Waals surface area contributed by atoms with Gasteiger partial charge in [0.2, 0.25) is 10.0 Å². The van der Waals surface area contributed by atoms with Gasteiger partial charge >= 0.3 is 0 Å². The molecule has 6 heteroatoms. The van der Waals surface area contributed by atoms with E-state index in [2.05, 4.69) is 5.32 Å². The van der Waals surface area contributed by atoms with Crippen molar-refractivity contribution in [2.75, 3.05) is 13.6 Å². The van der Waals surface area contributed by atoms with Gasteiger partial charge < -0.3 is 5.32 Å². The van der Waals surface area contributed by atoms with E-state index in [-0.39, 0.29) is 9.92 Å². The fourth-order valence-corrected chi connectivity index (χ4v) is 3.79. The average molecular weight is 317 g/mol. The third-order valence-corrected chi connectivity index (χ3v) is 5.73. The minimum atomic E-state index is -3.50. The van der Waals surface area contributed by atoms with E-state index >= 15 is 0 Å². The van der Waals surface area contributed by atoms with Crippen molar-refractivity contribution in [3.63, 3.8) is 0 Å². The molecular weight excluding hydrogens is 296 g/mol. The van der Waals surface area contributed by atoms with E-state index in [9.17, 15) is 8.42 Å². The first kappa shape index (κ1) is 15.8. The van der Waals surface area contributed by atoms with Gasteiger partial charge in [0.15, 0.2) is 0 Å². The SMILES string of the molecule is CCCN(C)S(=O)(=O)c1cc(CNC2CC2)ccc1Cl. The Morgan fingerprint density at radius 3 is 2.70 bits per heavy atom. The van der Waals surface area contributed by atoms with Crippen LogP contribution in [-0.2, 0) is 16.6 Å². The zero-order chi connectivity index (χ0) is 14.8. The van der Waals surface area contributed by atoms with Crippen molar-refractivity contribution in [1.29, 1.82) is 0 Å². The first-order chi connectivity index (χ1) is 9.45. The topological polar surface area (TPSA) is 49.4 Å². The van der Waals surface area contributed by atoms with Crippen LogP contribution in [0.2, 0.25) is 5.02 Å². The summed E-state index contributed by atoms with van der Waals surface area (Å²) in [6, 6.07) is 5.81. The zero-order valence-electron chi connectivity index (χ0n) is 11.9. The molecule has 1 aliphatic carbocycles. The molecule has 0 aromatic heterocycles. The fourth-order valence-electron chi connectivity index (χ4n) is 2.01. The molecule has 20 heavy (non-hydrogen) atoms. The summed E-state index contributed by atoms with van der Waals surface area (Å²) in [5, 5.41) is 3.65. The molecule has 1 aromatic rings. The second-order valence-electron chi connectivity index (χ2n) is 5.25. The maximum Gasteiger partial charge on any atom is 0.244 e. The summed E-state index contributed by atoms with van der Waals surface area (Å²) in [6.45, 7) is 3.12. The summed E-state index contributed by atoms with van der Waals surface area (Å²) in [4.78, 5) is 0.199. The molecule has 1 fully saturated rings. The number of nitrogens with one attached hydrogen (secondary N) is 1. The van der Waals surface area contributed by atoms with Crippen LogP contribution in [-0.4, -0.2) is 32.4 Å². The van der Waals surface area contributed by atoms with Crippen molar-refractivity contribution >= 4 is 21.6 Å². The Bertz CT molecular complexity index is 571. The van der Waals surface area contributed by atoms with E-state index in [4.69, 9.17) is 11.6 Å². The highest BCUT2D eigenvalue weighted by Crippen LogP contribution is 2.26. The van der Waals surface area contributed by atoms with Gasteiger partial charge in [-0.3, -0.25) is 0 Å². The predicted octanol–water partition coefficient (Wildman–Crippen LogP) is 2.62. The highest BCUT2D eigenvalue weighted by Gasteiger charge is 2.24. The lowest BCUT2D eigenvalue weighted by atomic mass is 10.2. The quantitative estimate of drug-likeness (QED) is 0.841. The van der Waals surface area contributed by atoms with Crippen molar-refractivity contribution in [2.45, 2.75) is 43.7 Å². The number of halogens is 1. The summed E-state index contributed by atoms with van der Waals surface area (Å²) in [5.41, 5.74) is 0.949. The molecule has 1 aromatic carbocycles. The second kappa shape index (κ2) is 6.43. The van der Waals surface area contributed by atoms with Crippen LogP contribution >= 0.6 is 11.6 Å². The number of nitrogens with zero attached hydrogens (tertiary/aromatic N) is 1. The van der Waals surface area contributed by atoms with Crippen molar-refractivity contribution in [2.24, 2.45) is 0 Å². The number of rotatable bonds is 7. The van der Waals surface area contributed by atoms with Crippen LogP contribution in [0.15, 0.2) is 23.1 Å². The van der Waals surface area contributed by atoms with E-state index in [1.54, 1.807) is 19.2 Å². The van der Waals surface area contributed by atoms with Gasteiger partial charge in [0, 0.05) is 26.2 Å². The van der Waals surface area contributed by atoms with E-state index in [1.807, 2.05) is 13.0 Å². The molecule has 1 saturated carbocycles. The van der Waals surface area contributed by atoms with Gasteiger partial charge in [-0.2, -0.15) is 0 Å². The number of sulfonamides is 1. The van der Waals surface area contributed by atoms with Gasteiger partial charge in [0.25, 0.3) is 0 Å². The van der Waals surface area contributed by atoms with Crippen LogP contribution in [0.4, 0.5) is 0 Å². The highest BCUT2D eigenvalue weighted by molar-refractivity contribution is 7.89. The maximum absolute atomic E-state index is 12.5. The molecule has 1 aliphatic rings. The lowest BCUT2D eigenvalue weighted by Crippen LogP contribution is -2.28. The molecule has 0 spiro atoms. The van der Waals surface area contributed by atoms with E-state index in [1.165, 1.54) is 17.1 Å². The summed E-state index contributed by atoms with van der Waals surface area (Å²) < 4.78 is 26.3. The first-order valence-electron chi connectivity index (χ1n) is 6.93. The van der Waals surface area contributed by atoms with Gasteiger partial charge in [-0.25, -0.2) is 12.7 Å². The third kappa shape index (κ3) is 3.73. The summed E-state index contributed by atoms with van der Waals surface area (Å²) >= 11 is 6.07.